The molecule has 0 saturated carbocycles. The predicted octanol–water partition coefficient (Wildman–Crippen LogP) is 3.70. The van der Waals surface area contributed by atoms with Crippen LogP contribution in [0.25, 0.3) is 0 Å². The number of carbonyl (C=O) groups is 2. The number of rotatable bonds is 10. The zero-order valence-electron chi connectivity index (χ0n) is 12.7. The highest BCUT2D eigenvalue weighted by molar-refractivity contribution is 5.90. The highest BCUT2D eigenvalue weighted by atomic mass is 16.4. The average molecular weight is 302 g/mol. The van der Waals surface area contributed by atoms with Crippen molar-refractivity contribution in [1.82, 2.24) is 0 Å². The van der Waals surface area contributed by atoms with E-state index in [9.17, 15) is 9.59 Å². The second kappa shape index (κ2) is 10.4. The van der Waals surface area contributed by atoms with Gasteiger partial charge in [-0.05, 0) is 37.1 Å². The van der Waals surface area contributed by atoms with E-state index < -0.39 is 5.97 Å². The van der Waals surface area contributed by atoms with Gasteiger partial charge in [0.15, 0.2) is 0 Å². The summed E-state index contributed by atoms with van der Waals surface area (Å²) in [6, 6.07) is 8.82. The summed E-state index contributed by atoms with van der Waals surface area (Å²) in [5, 5.41) is 20.0. The normalized spacial score (nSPS) is 9.95. The summed E-state index contributed by atoms with van der Waals surface area (Å²) in [6.45, 7) is 0. The molecular weight excluding hydrogens is 280 g/mol. The predicted molar refractivity (Wildman–Crippen MR) is 84.4 cm³/mol. The van der Waals surface area contributed by atoms with Crippen molar-refractivity contribution >= 4 is 17.6 Å². The summed E-state index contributed by atoms with van der Waals surface area (Å²) < 4.78 is 0. The third kappa shape index (κ3) is 8.05. The van der Waals surface area contributed by atoms with Crippen molar-refractivity contribution in [2.75, 3.05) is 5.32 Å². The van der Waals surface area contributed by atoms with Gasteiger partial charge in [0, 0.05) is 18.5 Å². The Balaban J connectivity index is 2.06. The van der Waals surface area contributed by atoms with Crippen molar-refractivity contribution in [2.24, 2.45) is 0 Å². The number of nitriles is 1. The number of amides is 1. The van der Waals surface area contributed by atoms with E-state index in [1.54, 1.807) is 24.3 Å². The van der Waals surface area contributed by atoms with Gasteiger partial charge in [-0.2, -0.15) is 5.26 Å². The van der Waals surface area contributed by atoms with E-state index in [1.807, 2.05) is 6.07 Å². The van der Waals surface area contributed by atoms with Crippen molar-refractivity contribution < 1.29 is 14.7 Å². The third-order valence-corrected chi connectivity index (χ3v) is 3.34. The number of benzene rings is 1. The Bertz CT molecular complexity index is 518. The van der Waals surface area contributed by atoms with Crippen molar-refractivity contribution in [2.45, 2.75) is 51.4 Å². The Labute approximate surface area is 131 Å². The van der Waals surface area contributed by atoms with Crippen LogP contribution in [0.3, 0.4) is 0 Å². The number of hydrogen-bond donors (Lipinski definition) is 2. The van der Waals surface area contributed by atoms with Gasteiger partial charge in [-0.25, -0.2) is 0 Å². The molecule has 0 spiro atoms. The fraction of sp³-hybridized carbons (Fsp3) is 0.471. The molecule has 0 aromatic heterocycles. The highest BCUT2D eigenvalue weighted by Crippen LogP contribution is 2.11. The van der Waals surface area contributed by atoms with E-state index in [-0.39, 0.29) is 12.3 Å². The Morgan fingerprint density at radius 1 is 0.955 bits per heavy atom. The fourth-order valence-corrected chi connectivity index (χ4v) is 2.12. The summed E-state index contributed by atoms with van der Waals surface area (Å²) in [4.78, 5) is 22.1. The second-order valence-corrected chi connectivity index (χ2v) is 5.25. The maximum Gasteiger partial charge on any atom is 0.303 e. The number of anilines is 1. The summed E-state index contributed by atoms with van der Waals surface area (Å²) in [5.41, 5.74) is 1.28. The Hall–Kier alpha value is -2.35. The average Bonchev–Trinajstić information content (AvgIpc) is 2.50. The smallest absolute Gasteiger partial charge is 0.303 e. The molecule has 0 heterocycles. The summed E-state index contributed by atoms with van der Waals surface area (Å²) >= 11 is 0. The number of hydrogen-bond acceptors (Lipinski definition) is 3. The maximum absolute atomic E-state index is 11.7. The van der Waals surface area contributed by atoms with Crippen LogP contribution in [0.15, 0.2) is 24.3 Å². The first-order valence-electron chi connectivity index (χ1n) is 7.63. The van der Waals surface area contributed by atoms with Gasteiger partial charge in [-0.1, -0.05) is 25.7 Å². The number of carboxylic acids is 1. The molecule has 1 amide bonds. The van der Waals surface area contributed by atoms with Crippen LogP contribution in [0, 0.1) is 11.3 Å². The maximum atomic E-state index is 11.7. The summed E-state index contributed by atoms with van der Waals surface area (Å²) in [6.07, 6.45) is 6.25. The van der Waals surface area contributed by atoms with Gasteiger partial charge in [-0.3, -0.25) is 9.59 Å². The molecule has 2 N–H and O–H groups in total. The van der Waals surface area contributed by atoms with Gasteiger partial charge in [0.2, 0.25) is 5.91 Å². The standard InChI is InChI=1S/C17H22N2O3/c18-13-14-9-11-15(12-10-14)19-16(20)7-5-3-1-2-4-6-8-17(21)22/h9-12H,1-8H2,(H,19,20)(H,21,22). The SMILES string of the molecule is N#Cc1ccc(NC(=O)CCCCCCCCC(=O)O)cc1. The topological polar surface area (TPSA) is 90.2 Å². The molecule has 1 rings (SSSR count). The first kappa shape index (κ1) is 17.7. The number of nitrogens with zero attached hydrogens (tertiary/aromatic N) is 1. The third-order valence-electron chi connectivity index (χ3n) is 3.34. The van der Waals surface area contributed by atoms with Crippen LogP contribution in [-0.4, -0.2) is 17.0 Å². The van der Waals surface area contributed by atoms with E-state index >= 15 is 0 Å². The lowest BCUT2D eigenvalue weighted by molar-refractivity contribution is -0.137. The zero-order chi connectivity index (χ0) is 16.2. The van der Waals surface area contributed by atoms with E-state index in [0.717, 1.165) is 38.5 Å². The Morgan fingerprint density at radius 3 is 2.05 bits per heavy atom. The lowest BCUT2D eigenvalue weighted by Crippen LogP contribution is -2.10. The molecule has 0 aliphatic heterocycles. The molecule has 0 aliphatic rings. The molecule has 0 radical (unpaired) electrons. The molecule has 22 heavy (non-hydrogen) atoms. The van der Waals surface area contributed by atoms with Crippen molar-refractivity contribution in [3.05, 3.63) is 29.8 Å². The van der Waals surface area contributed by atoms with E-state index in [2.05, 4.69) is 5.32 Å². The highest BCUT2D eigenvalue weighted by Gasteiger charge is 2.02. The zero-order valence-corrected chi connectivity index (χ0v) is 12.7. The molecule has 0 atom stereocenters. The van der Waals surface area contributed by atoms with E-state index in [0.29, 0.717) is 17.7 Å². The number of carbonyl (C=O) groups excluding carboxylic acids is 1. The minimum Gasteiger partial charge on any atom is -0.481 e. The van der Waals surface area contributed by atoms with Crippen LogP contribution in [0.1, 0.15) is 56.9 Å². The van der Waals surface area contributed by atoms with Crippen LogP contribution in [0.2, 0.25) is 0 Å². The molecule has 0 unspecified atom stereocenters. The van der Waals surface area contributed by atoms with Crippen LogP contribution in [0.5, 0.6) is 0 Å². The molecule has 0 aliphatic carbocycles. The lowest BCUT2D eigenvalue weighted by atomic mass is 10.1. The lowest BCUT2D eigenvalue weighted by Gasteiger charge is -2.05. The van der Waals surface area contributed by atoms with Gasteiger partial charge >= 0.3 is 5.97 Å². The summed E-state index contributed by atoms with van der Waals surface area (Å²) in [5.74, 6) is -0.755. The van der Waals surface area contributed by atoms with Crippen LogP contribution in [-0.2, 0) is 9.59 Å². The Morgan fingerprint density at radius 2 is 1.50 bits per heavy atom. The van der Waals surface area contributed by atoms with Gasteiger partial charge in [-0.15, -0.1) is 0 Å². The van der Waals surface area contributed by atoms with Crippen LogP contribution in [0.4, 0.5) is 5.69 Å². The molecule has 0 bridgehead atoms. The minimum atomic E-state index is -0.737. The molecule has 0 fully saturated rings. The number of nitrogens with one attached hydrogen (secondary N) is 1. The Kier molecular flexibility index (Phi) is 8.36. The van der Waals surface area contributed by atoms with Crippen LogP contribution < -0.4 is 5.32 Å². The van der Waals surface area contributed by atoms with Gasteiger partial charge < -0.3 is 10.4 Å². The van der Waals surface area contributed by atoms with Gasteiger partial charge in [0.1, 0.15) is 0 Å². The van der Waals surface area contributed by atoms with Crippen molar-refractivity contribution in [3.63, 3.8) is 0 Å². The minimum absolute atomic E-state index is 0.0180. The van der Waals surface area contributed by atoms with Gasteiger partial charge in [0.25, 0.3) is 0 Å². The first-order valence-corrected chi connectivity index (χ1v) is 7.63. The number of carboxylic acid groups (broad SMARTS) is 1. The van der Waals surface area contributed by atoms with Gasteiger partial charge in [0.05, 0.1) is 11.6 Å². The molecule has 118 valence electrons. The second-order valence-electron chi connectivity index (χ2n) is 5.25. The monoisotopic (exact) mass is 302 g/mol. The first-order chi connectivity index (χ1) is 10.6. The molecule has 1 aromatic rings. The quantitative estimate of drug-likeness (QED) is 0.645. The summed E-state index contributed by atoms with van der Waals surface area (Å²) in [7, 11) is 0. The number of unbranched alkanes of at least 4 members (excludes halogenated alkanes) is 5. The van der Waals surface area contributed by atoms with Crippen molar-refractivity contribution in [3.8, 4) is 6.07 Å². The molecule has 5 heteroatoms. The van der Waals surface area contributed by atoms with E-state index in [1.165, 1.54) is 0 Å². The molecular formula is C17H22N2O3. The largest absolute Gasteiger partial charge is 0.481 e. The molecule has 0 saturated heterocycles. The molecule has 5 nitrogen and oxygen atoms in total. The van der Waals surface area contributed by atoms with E-state index in [4.69, 9.17) is 10.4 Å². The van der Waals surface area contributed by atoms with Crippen LogP contribution >= 0.6 is 0 Å². The number of aliphatic carboxylic acids is 1. The van der Waals surface area contributed by atoms with Crippen molar-refractivity contribution in [1.29, 1.82) is 5.26 Å². The molecule has 1 aromatic carbocycles. The fourth-order valence-electron chi connectivity index (χ4n) is 2.12.